The van der Waals surface area contributed by atoms with Gasteiger partial charge in [-0.25, -0.2) is 0 Å². The lowest BCUT2D eigenvalue weighted by Gasteiger charge is -2.29. The fraction of sp³-hybridized carbons (Fsp3) is 0.435. The highest BCUT2D eigenvalue weighted by atomic mass is 16.5. The molecule has 1 amide bonds. The van der Waals surface area contributed by atoms with Crippen molar-refractivity contribution in [1.29, 1.82) is 0 Å². The molecule has 1 saturated heterocycles. The Bertz CT molecular complexity index is 789. The number of hydrogen-bond donors (Lipinski definition) is 1. The molecule has 1 fully saturated rings. The average Bonchev–Trinajstić information content (AvgIpc) is 2.80. The second-order valence-electron chi connectivity index (χ2n) is 7.32. The Balaban J connectivity index is 1.43. The van der Waals surface area contributed by atoms with Gasteiger partial charge in [0.05, 0.1) is 26.4 Å². The van der Waals surface area contributed by atoms with E-state index in [0.717, 1.165) is 49.2 Å². The minimum Gasteiger partial charge on any atom is -0.497 e. The van der Waals surface area contributed by atoms with Gasteiger partial charge in [-0.15, -0.1) is 0 Å². The van der Waals surface area contributed by atoms with Gasteiger partial charge in [0.2, 0.25) is 5.91 Å². The highest BCUT2D eigenvalue weighted by molar-refractivity contribution is 5.94. The summed E-state index contributed by atoms with van der Waals surface area (Å²) in [7, 11) is 3.55. The second kappa shape index (κ2) is 10.8. The number of hydrogen-bond acceptors (Lipinski definition) is 6. The van der Waals surface area contributed by atoms with Gasteiger partial charge in [-0.3, -0.25) is 9.69 Å². The molecule has 7 nitrogen and oxygen atoms in total. The maximum absolute atomic E-state index is 12.6. The minimum absolute atomic E-state index is 0.0407. The van der Waals surface area contributed by atoms with Crippen molar-refractivity contribution in [3.8, 4) is 11.5 Å². The van der Waals surface area contributed by atoms with E-state index in [1.807, 2.05) is 67.4 Å². The van der Waals surface area contributed by atoms with Gasteiger partial charge in [-0.05, 0) is 62.5 Å². The molecule has 0 unspecified atom stereocenters. The Morgan fingerprint density at radius 3 is 2.37 bits per heavy atom. The summed E-state index contributed by atoms with van der Waals surface area (Å²) in [5.41, 5.74) is 1.95. The molecule has 2 aromatic carbocycles. The third kappa shape index (κ3) is 6.11. The van der Waals surface area contributed by atoms with Gasteiger partial charge >= 0.3 is 0 Å². The molecular weight excluding hydrogens is 382 g/mol. The van der Waals surface area contributed by atoms with Crippen LogP contribution in [0.4, 0.5) is 11.4 Å². The molecule has 0 aliphatic carbocycles. The SMILES string of the molecule is COc1ccc(OCCN(C)[C@@H](C)C(=O)Nc2ccc(N3CCOCC3)cc2)cc1. The fourth-order valence-corrected chi connectivity index (χ4v) is 3.20. The van der Waals surface area contributed by atoms with E-state index in [1.54, 1.807) is 7.11 Å². The van der Waals surface area contributed by atoms with Crippen LogP contribution in [-0.2, 0) is 9.53 Å². The molecule has 3 rings (SSSR count). The first-order valence-electron chi connectivity index (χ1n) is 10.3. The van der Waals surface area contributed by atoms with Crippen LogP contribution in [0, 0.1) is 0 Å². The van der Waals surface area contributed by atoms with Crippen LogP contribution in [0.1, 0.15) is 6.92 Å². The Morgan fingerprint density at radius 2 is 1.73 bits per heavy atom. The molecule has 162 valence electrons. The molecule has 0 spiro atoms. The Hall–Kier alpha value is -2.77. The van der Waals surface area contributed by atoms with Gasteiger partial charge in [0.1, 0.15) is 18.1 Å². The minimum atomic E-state index is -0.275. The maximum Gasteiger partial charge on any atom is 0.241 e. The number of rotatable bonds is 9. The number of ether oxygens (including phenoxy) is 3. The second-order valence-corrected chi connectivity index (χ2v) is 7.32. The first-order chi connectivity index (χ1) is 14.6. The molecule has 0 saturated carbocycles. The molecule has 7 heteroatoms. The van der Waals surface area contributed by atoms with E-state index in [1.165, 1.54) is 0 Å². The third-order valence-electron chi connectivity index (χ3n) is 5.32. The van der Waals surface area contributed by atoms with Crippen molar-refractivity contribution in [2.24, 2.45) is 0 Å². The van der Waals surface area contributed by atoms with E-state index in [9.17, 15) is 4.79 Å². The third-order valence-corrected chi connectivity index (χ3v) is 5.32. The predicted octanol–water partition coefficient (Wildman–Crippen LogP) is 2.87. The summed E-state index contributed by atoms with van der Waals surface area (Å²) in [5.74, 6) is 1.53. The van der Waals surface area contributed by atoms with E-state index in [0.29, 0.717) is 13.2 Å². The van der Waals surface area contributed by atoms with Crippen LogP contribution in [-0.4, -0.2) is 70.5 Å². The summed E-state index contributed by atoms with van der Waals surface area (Å²) >= 11 is 0. The predicted molar refractivity (Wildman–Crippen MR) is 119 cm³/mol. The van der Waals surface area contributed by atoms with Gasteiger partial charge in [0.15, 0.2) is 0 Å². The zero-order valence-electron chi connectivity index (χ0n) is 18.0. The molecule has 1 aliphatic heterocycles. The molecule has 0 bridgehead atoms. The number of amides is 1. The van der Waals surface area contributed by atoms with E-state index in [4.69, 9.17) is 14.2 Å². The molecule has 1 aliphatic rings. The highest BCUT2D eigenvalue weighted by Crippen LogP contribution is 2.20. The first kappa shape index (κ1) is 21.9. The highest BCUT2D eigenvalue weighted by Gasteiger charge is 2.18. The Labute approximate surface area is 178 Å². The number of nitrogens with zero attached hydrogens (tertiary/aromatic N) is 2. The molecule has 2 aromatic rings. The van der Waals surface area contributed by atoms with Crippen molar-refractivity contribution in [1.82, 2.24) is 4.90 Å². The van der Waals surface area contributed by atoms with Crippen molar-refractivity contribution >= 4 is 17.3 Å². The Morgan fingerprint density at radius 1 is 1.10 bits per heavy atom. The van der Waals surface area contributed by atoms with Crippen molar-refractivity contribution < 1.29 is 19.0 Å². The van der Waals surface area contributed by atoms with Crippen molar-refractivity contribution in [3.63, 3.8) is 0 Å². The van der Waals surface area contributed by atoms with Crippen LogP contribution in [0.25, 0.3) is 0 Å². The van der Waals surface area contributed by atoms with E-state index >= 15 is 0 Å². The lowest BCUT2D eigenvalue weighted by atomic mass is 10.2. The molecule has 1 atom stereocenters. The Kier molecular flexibility index (Phi) is 7.93. The summed E-state index contributed by atoms with van der Waals surface area (Å²) in [5, 5.41) is 2.99. The molecule has 1 heterocycles. The van der Waals surface area contributed by atoms with Gasteiger partial charge < -0.3 is 24.4 Å². The van der Waals surface area contributed by atoms with Crippen molar-refractivity contribution in [3.05, 3.63) is 48.5 Å². The number of benzene rings is 2. The van der Waals surface area contributed by atoms with Crippen molar-refractivity contribution in [2.45, 2.75) is 13.0 Å². The summed E-state index contributed by atoms with van der Waals surface area (Å²) in [6.45, 7) is 6.32. The van der Waals surface area contributed by atoms with E-state index in [-0.39, 0.29) is 11.9 Å². The number of methoxy groups -OCH3 is 1. The quantitative estimate of drug-likeness (QED) is 0.682. The van der Waals surface area contributed by atoms with Crippen LogP contribution in [0.2, 0.25) is 0 Å². The smallest absolute Gasteiger partial charge is 0.241 e. The number of likely N-dealkylation sites (N-methyl/N-ethyl adjacent to an activating group) is 1. The number of carbonyl (C=O) groups is 1. The summed E-state index contributed by atoms with van der Waals surface area (Å²) in [4.78, 5) is 16.9. The van der Waals surface area contributed by atoms with Crippen LogP contribution in [0.3, 0.4) is 0 Å². The molecular formula is C23H31N3O4. The first-order valence-corrected chi connectivity index (χ1v) is 10.3. The number of morpholine rings is 1. The van der Waals surface area contributed by atoms with Crippen LogP contribution < -0.4 is 19.7 Å². The zero-order chi connectivity index (χ0) is 21.3. The van der Waals surface area contributed by atoms with Crippen LogP contribution >= 0.6 is 0 Å². The lowest BCUT2D eigenvalue weighted by molar-refractivity contribution is -0.120. The lowest BCUT2D eigenvalue weighted by Crippen LogP contribution is -2.41. The molecule has 1 N–H and O–H groups in total. The number of nitrogens with one attached hydrogen (secondary N) is 1. The summed E-state index contributed by atoms with van der Waals surface area (Å²) in [6, 6.07) is 15.2. The number of carbonyl (C=O) groups excluding carboxylic acids is 1. The fourth-order valence-electron chi connectivity index (χ4n) is 3.20. The van der Waals surface area contributed by atoms with Crippen molar-refractivity contribution in [2.75, 3.05) is 63.8 Å². The molecule has 0 aromatic heterocycles. The summed E-state index contributed by atoms with van der Waals surface area (Å²) < 4.78 is 16.3. The van der Waals surface area contributed by atoms with Crippen LogP contribution in [0.15, 0.2) is 48.5 Å². The van der Waals surface area contributed by atoms with Gasteiger partial charge in [-0.2, -0.15) is 0 Å². The monoisotopic (exact) mass is 413 g/mol. The molecule has 30 heavy (non-hydrogen) atoms. The number of anilines is 2. The average molecular weight is 414 g/mol. The standard InChI is InChI=1S/C23H31N3O4/c1-18(25(2)12-17-30-22-10-8-21(28-3)9-11-22)23(27)24-19-4-6-20(7-5-19)26-13-15-29-16-14-26/h4-11,18H,12-17H2,1-3H3,(H,24,27)/t18-/m0/s1. The maximum atomic E-state index is 12.6. The van der Waals surface area contributed by atoms with E-state index < -0.39 is 0 Å². The largest absolute Gasteiger partial charge is 0.497 e. The van der Waals surface area contributed by atoms with Gasteiger partial charge in [0.25, 0.3) is 0 Å². The topological polar surface area (TPSA) is 63.3 Å². The molecule has 0 radical (unpaired) electrons. The summed E-state index contributed by atoms with van der Waals surface area (Å²) in [6.07, 6.45) is 0. The van der Waals surface area contributed by atoms with Gasteiger partial charge in [0, 0.05) is 31.0 Å². The normalized spacial score (nSPS) is 15.0. The van der Waals surface area contributed by atoms with Gasteiger partial charge in [-0.1, -0.05) is 0 Å². The zero-order valence-corrected chi connectivity index (χ0v) is 18.0. The van der Waals surface area contributed by atoms with E-state index in [2.05, 4.69) is 10.2 Å². The van der Waals surface area contributed by atoms with Crippen LogP contribution in [0.5, 0.6) is 11.5 Å².